The molecule has 8 nitrogen and oxygen atoms in total. The molecular formula is C24H23FN8S. The van der Waals surface area contributed by atoms with Crippen molar-refractivity contribution in [2.75, 3.05) is 11.9 Å². The Hall–Kier alpha value is -3.76. The Morgan fingerprint density at radius 2 is 2.06 bits per heavy atom. The van der Waals surface area contributed by atoms with Crippen LogP contribution in [0.2, 0.25) is 0 Å². The lowest BCUT2D eigenvalue weighted by Crippen LogP contribution is -2.13. The molecule has 0 radical (unpaired) electrons. The van der Waals surface area contributed by atoms with Crippen molar-refractivity contribution in [3.8, 4) is 21.7 Å². The average Bonchev–Trinajstić information content (AvgIpc) is 3.49. The first kappa shape index (κ1) is 22.1. The van der Waals surface area contributed by atoms with Crippen LogP contribution in [0.5, 0.6) is 0 Å². The van der Waals surface area contributed by atoms with E-state index in [1.165, 1.54) is 17.5 Å². The van der Waals surface area contributed by atoms with Gasteiger partial charge in [-0.3, -0.25) is 9.67 Å². The highest BCUT2D eigenvalue weighted by Crippen LogP contribution is 2.41. The minimum absolute atomic E-state index is 0.164. The van der Waals surface area contributed by atoms with Gasteiger partial charge in [0.05, 0.1) is 23.8 Å². The molecule has 4 heterocycles. The van der Waals surface area contributed by atoms with Gasteiger partial charge in [-0.1, -0.05) is 23.4 Å². The molecule has 0 aliphatic carbocycles. The molecule has 0 amide bonds. The monoisotopic (exact) mass is 474 g/mol. The van der Waals surface area contributed by atoms with E-state index in [2.05, 4.69) is 42.7 Å². The van der Waals surface area contributed by atoms with Gasteiger partial charge in [-0.05, 0) is 48.1 Å². The number of halogens is 1. The Morgan fingerprint density at radius 3 is 2.85 bits per heavy atom. The van der Waals surface area contributed by atoms with Crippen molar-refractivity contribution >= 4 is 27.4 Å². The number of aryl methyl sites for hydroxylation is 1. The van der Waals surface area contributed by atoms with E-state index in [0.29, 0.717) is 19.0 Å². The van der Waals surface area contributed by atoms with Crippen LogP contribution < -0.4 is 11.1 Å². The summed E-state index contributed by atoms with van der Waals surface area (Å²) < 4.78 is 17.5. The number of thiophene rings is 1. The highest BCUT2D eigenvalue weighted by Gasteiger charge is 2.17. The number of nitrogens with one attached hydrogen (secondary N) is 1. The van der Waals surface area contributed by atoms with Crippen LogP contribution >= 0.6 is 11.3 Å². The molecule has 0 fully saturated rings. The zero-order chi connectivity index (χ0) is 23.7. The Balaban J connectivity index is 1.51. The van der Waals surface area contributed by atoms with Gasteiger partial charge in [0.2, 0.25) is 5.95 Å². The first-order valence-electron chi connectivity index (χ1n) is 10.9. The number of fused-ring (bicyclic) bond motifs is 1. The van der Waals surface area contributed by atoms with Crippen LogP contribution in [0.15, 0.2) is 55.1 Å². The molecule has 3 N–H and O–H groups in total. The summed E-state index contributed by atoms with van der Waals surface area (Å²) in [5.74, 6) is -0.107. The summed E-state index contributed by atoms with van der Waals surface area (Å²) >= 11 is 1.50. The summed E-state index contributed by atoms with van der Waals surface area (Å²) in [5.41, 5.74) is 10.5. The highest BCUT2D eigenvalue weighted by molar-refractivity contribution is 7.22. The fourth-order valence-corrected chi connectivity index (χ4v) is 5.00. The Morgan fingerprint density at radius 1 is 1.18 bits per heavy atom. The molecule has 172 valence electrons. The predicted molar refractivity (Wildman–Crippen MR) is 132 cm³/mol. The van der Waals surface area contributed by atoms with Crippen LogP contribution in [0, 0.1) is 12.7 Å². The first-order chi connectivity index (χ1) is 16.5. The van der Waals surface area contributed by atoms with E-state index in [1.54, 1.807) is 17.1 Å². The molecule has 0 saturated heterocycles. The second-order valence-electron chi connectivity index (χ2n) is 8.02. The van der Waals surface area contributed by atoms with Gasteiger partial charge in [0.25, 0.3) is 0 Å². The molecule has 0 spiro atoms. The number of benzene rings is 1. The van der Waals surface area contributed by atoms with Gasteiger partial charge in [0.1, 0.15) is 5.69 Å². The zero-order valence-corrected chi connectivity index (χ0v) is 19.6. The van der Waals surface area contributed by atoms with Crippen LogP contribution in [0.3, 0.4) is 0 Å². The maximum atomic E-state index is 14.8. The quantitative estimate of drug-likeness (QED) is 0.355. The van der Waals surface area contributed by atoms with Crippen LogP contribution in [0.25, 0.3) is 31.8 Å². The SMILES string of the molecule is Cc1cc(-c2cccc3cc(-c4nc(NCCn5ccnn5)ncc4F)sc23)c(C(C)N)cn1. The number of hydrogen-bond donors (Lipinski definition) is 2. The zero-order valence-electron chi connectivity index (χ0n) is 18.7. The molecule has 1 unspecified atom stereocenters. The third-order valence-electron chi connectivity index (χ3n) is 5.47. The Kier molecular flexibility index (Phi) is 5.99. The average molecular weight is 475 g/mol. The maximum absolute atomic E-state index is 14.8. The van der Waals surface area contributed by atoms with Crippen molar-refractivity contribution in [1.29, 1.82) is 0 Å². The molecule has 0 bridgehead atoms. The number of nitrogens with two attached hydrogens (primary N) is 1. The largest absolute Gasteiger partial charge is 0.352 e. The fourth-order valence-electron chi connectivity index (χ4n) is 3.82. The maximum Gasteiger partial charge on any atom is 0.223 e. The van der Waals surface area contributed by atoms with Crippen LogP contribution in [0.4, 0.5) is 10.3 Å². The molecule has 34 heavy (non-hydrogen) atoms. The number of nitrogens with zero attached hydrogens (tertiary/aromatic N) is 6. The lowest BCUT2D eigenvalue weighted by atomic mass is 9.96. The van der Waals surface area contributed by atoms with Gasteiger partial charge in [0.15, 0.2) is 5.82 Å². The second-order valence-corrected chi connectivity index (χ2v) is 9.07. The Bertz CT molecular complexity index is 1450. The van der Waals surface area contributed by atoms with Gasteiger partial charge in [-0.2, -0.15) is 0 Å². The van der Waals surface area contributed by atoms with Crippen LogP contribution in [-0.2, 0) is 6.54 Å². The standard InChI is InChI=1S/C24H23FN8S/c1-14-10-18(19(12-28-14)15(2)26)17-5-3-4-16-11-21(34-23(16)17)22-20(25)13-29-24(31-22)27-6-8-33-9-7-30-32-33/h3-5,7,9-13,15H,6,8,26H2,1-2H3,(H,27,29,31). The van der Waals surface area contributed by atoms with Gasteiger partial charge in [0, 0.05) is 35.4 Å². The summed E-state index contributed by atoms with van der Waals surface area (Å²) in [5, 5.41) is 11.8. The van der Waals surface area contributed by atoms with Crippen molar-refractivity contribution in [3.05, 3.63) is 72.2 Å². The third-order valence-corrected chi connectivity index (χ3v) is 6.66. The third kappa shape index (κ3) is 4.37. The molecule has 0 aliphatic rings. The summed E-state index contributed by atoms with van der Waals surface area (Å²) in [6, 6.07) is 9.94. The number of aromatic nitrogens is 6. The molecule has 5 rings (SSSR count). The lowest BCUT2D eigenvalue weighted by Gasteiger charge is -2.14. The van der Waals surface area contributed by atoms with E-state index in [9.17, 15) is 4.39 Å². The van der Waals surface area contributed by atoms with E-state index in [1.807, 2.05) is 38.2 Å². The minimum Gasteiger partial charge on any atom is -0.352 e. The number of pyridine rings is 1. The first-order valence-corrected chi connectivity index (χ1v) is 11.7. The van der Waals surface area contributed by atoms with Crippen molar-refractivity contribution < 1.29 is 4.39 Å². The molecule has 4 aromatic heterocycles. The smallest absolute Gasteiger partial charge is 0.223 e. The summed E-state index contributed by atoms with van der Waals surface area (Å²) in [6.45, 7) is 5.04. The number of hydrogen-bond acceptors (Lipinski definition) is 8. The topological polar surface area (TPSA) is 107 Å². The van der Waals surface area contributed by atoms with E-state index in [-0.39, 0.29) is 11.7 Å². The van der Waals surface area contributed by atoms with Crippen LogP contribution in [0.1, 0.15) is 24.2 Å². The van der Waals surface area contributed by atoms with E-state index in [4.69, 9.17) is 5.73 Å². The van der Waals surface area contributed by atoms with E-state index < -0.39 is 5.82 Å². The number of rotatable bonds is 7. The summed E-state index contributed by atoms with van der Waals surface area (Å²) in [6.07, 6.45) is 6.43. The van der Waals surface area contributed by atoms with E-state index >= 15 is 0 Å². The van der Waals surface area contributed by atoms with Crippen molar-refractivity contribution in [2.24, 2.45) is 5.73 Å². The van der Waals surface area contributed by atoms with Crippen molar-refractivity contribution in [1.82, 2.24) is 29.9 Å². The molecule has 0 aliphatic heterocycles. The fraction of sp³-hybridized carbons (Fsp3) is 0.208. The molecule has 10 heteroatoms. The lowest BCUT2D eigenvalue weighted by molar-refractivity contribution is 0.604. The highest BCUT2D eigenvalue weighted by atomic mass is 32.1. The predicted octanol–water partition coefficient (Wildman–Crippen LogP) is 4.59. The van der Waals surface area contributed by atoms with Crippen molar-refractivity contribution in [3.63, 3.8) is 0 Å². The molecule has 1 aromatic carbocycles. The van der Waals surface area contributed by atoms with Gasteiger partial charge >= 0.3 is 0 Å². The molecule has 1 atom stereocenters. The van der Waals surface area contributed by atoms with Gasteiger partial charge in [-0.15, -0.1) is 16.4 Å². The van der Waals surface area contributed by atoms with Gasteiger partial charge in [-0.25, -0.2) is 14.4 Å². The Labute approximate surface area is 199 Å². The van der Waals surface area contributed by atoms with Gasteiger partial charge < -0.3 is 11.1 Å². The normalized spacial score (nSPS) is 12.2. The second kappa shape index (κ2) is 9.24. The molecule has 5 aromatic rings. The van der Waals surface area contributed by atoms with Crippen LogP contribution in [-0.4, -0.2) is 36.5 Å². The summed E-state index contributed by atoms with van der Waals surface area (Å²) in [4.78, 5) is 13.7. The molecular weight excluding hydrogens is 451 g/mol. The van der Waals surface area contributed by atoms with E-state index in [0.717, 1.165) is 37.3 Å². The summed E-state index contributed by atoms with van der Waals surface area (Å²) in [7, 11) is 0. The minimum atomic E-state index is -0.467. The van der Waals surface area contributed by atoms with Crippen molar-refractivity contribution in [2.45, 2.75) is 26.4 Å². The molecule has 0 saturated carbocycles. The number of anilines is 1.